The van der Waals surface area contributed by atoms with Crippen molar-refractivity contribution in [2.24, 2.45) is 11.3 Å². The van der Waals surface area contributed by atoms with Crippen molar-refractivity contribution >= 4 is 11.9 Å². The highest BCUT2D eigenvalue weighted by atomic mass is 16.4. The van der Waals surface area contributed by atoms with Crippen molar-refractivity contribution < 1.29 is 14.7 Å². The molecule has 1 amide bonds. The standard InChI is InChI=1S/C13H21NO3/c1-13(6-7-13)12(17)14-10-4-2-9(3-5-10)8-11(15)16/h9-10H,2-8H2,1H3,(H,14,17)(H,15,16)/t9-,10-. The Hall–Kier alpha value is -1.06. The molecule has 2 fully saturated rings. The summed E-state index contributed by atoms with van der Waals surface area (Å²) in [6.45, 7) is 2.01. The van der Waals surface area contributed by atoms with Crippen molar-refractivity contribution in [2.45, 2.75) is 57.9 Å². The summed E-state index contributed by atoms with van der Waals surface area (Å²) in [4.78, 5) is 22.4. The van der Waals surface area contributed by atoms with Gasteiger partial charge < -0.3 is 10.4 Å². The molecule has 0 aliphatic heterocycles. The van der Waals surface area contributed by atoms with Crippen molar-refractivity contribution in [3.8, 4) is 0 Å². The third-order valence-corrected chi connectivity index (χ3v) is 4.19. The fourth-order valence-electron chi connectivity index (χ4n) is 2.53. The second kappa shape index (κ2) is 4.67. The molecular formula is C13H21NO3. The molecule has 0 radical (unpaired) electrons. The smallest absolute Gasteiger partial charge is 0.303 e. The number of carboxylic acid groups (broad SMARTS) is 1. The molecule has 0 aromatic carbocycles. The van der Waals surface area contributed by atoms with Gasteiger partial charge in [0, 0.05) is 17.9 Å². The van der Waals surface area contributed by atoms with Crippen molar-refractivity contribution in [3.63, 3.8) is 0 Å². The minimum atomic E-state index is -0.706. The first-order chi connectivity index (χ1) is 7.99. The van der Waals surface area contributed by atoms with Gasteiger partial charge in [0.15, 0.2) is 0 Å². The summed E-state index contributed by atoms with van der Waals surface area (Å²) in [7, 11) is 0. The van der Waals surface area contributed by atoms with Crippen LogP contribution in [0.1, 0.15) is 51.9 Å². The minimum Gasteiger partial charge on any atom is -0.481 e. The summed E-state index contributed by atoms with van der Waals surface area (Å²) in [5.41, 5.74) is -0.0993. The highest BCUT2D eigenvalue weighted by Crippen LogP contribution is 2.45. The van der Waals surface area contributed by atoms with E-state index >= 15 is 0 Å². The molecule has 2 N–H and O–H groups in total. The first kappa shape index (κ1) is 12.4. The Morgan fingerprint density at radius 3 is 2.29 bits per heavy atom. The molecule has 0 heterocycles. The Bertz CT molecular complexity index is 315. The van der Waals surface area contributed by atoms with Crippen LogP contribution in [0.2, 0.25) is 0 Å². The van der Waals surface area contributed by atoms with Crippen LogP contribution in [-0.4, -0.2) is 23.0 Å². The van der Waals surface area contributed by atoms with Crippen LogP contribution in [0.5, 0.6) is 0 Å². The number of rotatable bonds is 4. The maximum atomic E-state index is 11.8. The first-order valence-electron chi connectivity index (χ1n) is 6.52. The summed E-state index contributed by atoms with van der Waals surface area (Å²) in [5, 5.41) is 11.8. The van der Waals surface area contributed by atoms with Gasteiger partial charge in [-0.25, -0.2) is 0 Å². The van der Waals surface area contributed by atoms with E-state index in [2.05, 4.69) is 5.32 Å². The van der Waals surface area contributed by atoms with Crippen LogP contribution in [-0.2, 0) is 9.59 Å². The van der Waals surface area contributed by atoms with Gasteiger partial charge in [-0.05, 0) is 44.4 Å². The maximum Gasteiger partial charge on any atom is 0.303 e. The molecule has 2 rings (SSSR count). The number of hydrogen-bond acceptors (Lipinski definition) is 2. The Labute approximate surface area is 102 Å². The highest BCUT2D eigenvalue weighted by molar-refractivity contribution is 5.85. The Morgan fingerprint density at radius 2 is 1.82 bits per heavy atom. The summed E-state index contributed by atoms with van der Waals surface area (Å²) in [6.07, 6.45) is 6.00. The van der Waals surface area contributed by atoms with Crippen molar-refractivity contribution in [1.29, 1.82) is 0 Å². The van der Waals surface area contributed by atoms with E-state index in [4.69, 9.17) is 5.11 Å². The van der Waals surface area contributed by atoms with Gasteiger partial charge in [0.1, 0.15) is 0 Å². The molecule has 0 saturated heterocycles. The lowest BCUT2D eigenvalue weighted by atomic mass is 9.84. The number of hydrogen-bond donors (Lipinski definition) is 2. The fraction of sp³-hybridized carbons (Fsp3) is 0.846. The zero-order valence-corrected chi connectivity index (χ0v) is 10.4. The van der Waals surface area contributed by atoms with E-state index in [1.165, 1.54) is 0 Å². The van der Waals surface area contributed by atoms with Crippen molar-refractivity contribution in [3.05, 3.63) is 0 Å². The van der Waals surface area contributed by atoms with Gasteiger partial charge in [0.25, 0.3) is 0 Å². The molecule has 2 saturated carbocycles. The quantitative estimate of drug-likeness (QED) is 0.787. The molecule has 2 aliphatic carbocycles. The second-order valence-electron chi connectivity index (χ2n) is 5.85. The van der Waals surface area contributed by atoms with E-state index in [0.717, 1.165) is 38.5 Å². The Balaban J connectivity index is 1.72. The number of aliphatic carboxylic acids is 1. The monoisotopic (exact) mass is 239 g/mol. The average molecular weight is 239 g/mol. The van der Waals surface area contributed by atoms with E-state index < -0.39 is 5.97 Å². The largest absolute Gasteiger partial charge is 0.481 e. The van der Waals surface area contributed by atoms with Crippen LogP contribution in [0.4, 0.5) is 0 Å². The fourth-order valence-corrected chi connectivity index (χ4v) is 2.53. The first-order valence-corrected chi connectivity index (χ1v) is 6.52. The Morgan fingerprint density at radius 1 is 1.24 bits per heavy atom. The number of amides is 1. The third kappa shape index (κ3) is 3.20. The molecular weight excluding hydrogens is 218 g/mol. The summed E-state index contributed by atoms with van der Waals surface area (Å²) < 4.78 is 0. The second-order valence-corrected chi connectivity index (χ2v) is 5.85. The van der Waals surface area contributed by atoms with Gasteiger partial charge in [0.05, 0.1) is 0 Å². The molecule has 0 atom stereocenters. The topological polar surface area (TPSA) is 66.4 Å². The SMILES string of the molecule is CC1(C(=O)N[C@H]2CC[C@H](CC(=O)O)CC2)CC1. The predicted molar refractivity (Wildman–Crippen MR) is 63.5 cm³/mol. The molecule has 96 valence electrons. The van der Waals surface area contributed by atoms with Gasteiger partial charge in [-0.3, -0.25) is 9.59 Å². The zero-order valence-electron chi connectivity index (χ0n) is 10.4. The van der Waals surface area contributed by atoms with Gasteiger partial charge in [-0.2, -0.15) is 0 Å². The normalized spacial score (nSPS) is 30.6. The lowest BCUT2D eigenvalue weighted by Gasteiger charge is -2.29. The molecule has 0 spiro atoms. The number of carbonyl (C=O) groups is 2. The molecule has 0 aromatic rings. The highest BCUT2D eigenvalue weighted by Gasteiger charge is 2.45. The van der Waals surface area contributed by atoms with Crippen LogP contribution in [0.3, 0.4) is 0 Å². The van der Waals surface area contributed by atoms with Crippen LogP contribution in [0, 0.1) is 11.3 Å². The molecule has 2 aliphatic rings. The molecule has 17 heavy (non-hydrogen) atoms. The van der Waals surface area contributed by atoms with E-state index in [1.807, 2.05) is 6.92 Å². The van der Waals surface area contributed by atoms with Crippen LogP contribution < -0.4 is 5.32 Å². The van der Waals surface area contributed by atoms with E-state index in [0.29, 0.717) is 5.92 Å². The van der Waals surface area contributed by atoms with Gasteiger partial charge in [0.2, 0.25) is 5.91 Å². The lowest BCUT2D eigenvalue weighted by Crippen LogP contribution is -2.41. The minimum absolute atomic E-state index is 0.0993. The molecule has 0 unspecified atom stereocenters. The zero-order chi connectivity index (χ0) is 12.5. The van der Waals surface area contributed by atoms with Crippen LogP contribution >= 0.6 is 0 Å². The predicted octanol–water partition coefficient (Wildman–Crippen LogP) is 1.94. The van der Waals surface area contributed by atoms with E-state index in [-0.39, 0.29) is 23.8 Å². The molecule has 4 nitrogen and oxygen atoms in total. The Kier molecular flexibility index (Phi) is 3.40. The lowest BCUT2D eigenvalue weighted by molar-refractivity contribution is -0.138. The van der Waals surface area contributed by atoms with Gasteiger partial charge in [-0.1, -0.05) is 6.92 Å². The van der Waals surface area contributed by atoms with E-state index in [1.54, 1.807) is 0 Å². The number of carboxylic acids is 1. The molecule has 4 heteroatoms. The van der Waals surface area contributed by atoms with E-state index in [9.17, 15) is 9.59 Å². The third-order valence-electron chi connectivity index (χ3n) is 4.19. The summed E-state index contributed by atoms with van der Waals surface area (Å²) >= 11 is 0. The van der Waals surface area contributed by atoms with Crippen LogP contribution in [0.25, 0.3) is 0 Å². The molecule has 0 aromatic heterocycles. The maximum absolute atomic E-state index is 11.8. The molecule has 0 bridgehead atoms. The van der Waals surface area contributed by atoms with Crippen LogP contribution in [0.15, 0.2) is 0 Å². The van der Waals surface area contributed by atoms with Crippen molar-refractivity contribution in [1.82, 2.24) is 5.32 Å². The van der Waals surface area contributed by atoms with Gasteiger partial charge in [-0.15, -0.1) is 0 Å². The van der Waals surface area contributed by atoms with Gasteiger partial charge >= 0.3 is 5.97 Å². The number of carbonyl (C=O) groups excluding carboxylic acids is 1. The summed E-state index contributed by atoms with van der Waals surface area (Å²) in [6, 6.07) is 0.268. The average Bonchev–Trinajstić information content (AvgIpc) is 3.00. The number of nitrogens with one attached hydrogen (secondary N) is 1. The summed E-state index contributed by atoms with van der Waals surface area (Å²) in [5.74, 6) is -0.209. The van der Waals surface area contributed by atoms with Crippen molar-refractivity contribution in [2.75, 3.05) is 0 Å².